The van der Waals surface area contributed by atoms with E-state index in [0.717, 1.165) is 4.47 Å². The molecule has 4 aromatic rings. The summed E-state index contributed by atoms with van der Waals surface area (Å²) in [5, 5.41) is 13.7. The monoisotopic (exact) mass is 468 g/mol. The minimum Gasteiger partial charge on any atom is -0.477 e. The average molecular weight is 469 g/mol. The standard InChI is InChI=1S/C20H13BrN4O5/c21-13-7-12(9-22-10-13)20-24-15-8-14(5-6-17(15)30-20)23-19(26)11-29-18-4-2-1-3-16(18)25(27)28/h1-10H,11H2,(H,23,26). The summed E-state index contributed by atoms with van der Waals surface area (Å²) in [5.41, 5.74) is 2.11. The van der Waals surface area contributed by atoms with Crippen molar-refractivity contribution in [3.63, 3.8) is 0 Å². The smallest absolute Gasteiger partial charge is 0.310 e. The van der Waals surface area contributed by atoms with Gasteiger partial charge in [-0.25, -0.2) is 4.98 Å². The van der Waals surface area contributed by atoms with Gasteiger partial charge in [0.15, 0.2) is 17.9 Å². The number of halogens is 1. The molecule has 0 aliphatic carbocycles. The number of para-hydroxylation sites is 2. The van der Waals surface area contributed by atoms with Gasteiger partial charge in [0.2, 0.25) is 5.89 Å². The highest BCUT2D eigenvalue weighted by Gasteiger charge is 2.15. The first-order valence-electron chi connectivity index (χ1n) is 8.67. The summed E-state index contributed by atoms with van der Waals surface area (Å²) in [7, 11) is 0. The summed E-state index contributed by atoms with van der Waals surface area (Å²) in [4.78, 5) is 31.2. The number of aromatic nitrogens is 2. The minimum atomic E-state index is -0.565. The zero-order chi connectivity index (χ0) is 21.1. The Bertz CT molecular complexity index is 1260. The van der Waals surface area contributed by atoms with E-state index in [1.165, 1.54) is 18.2 Å². The predicted molar refractivity (Wildman–Crippen MR) is 112 cm³/mol. The molecule has 0 saturated heterocycles. The van der Waals surface area contributed by atoms with E-state index in [1.807, 2.05) is 6.07 Å². The molecule has 2 heterocycles. The lowest BCUT2D eigenvalue weighted by Gasteiger charge is -2.07. The Morgan fingerprint density at radius 1 is 1.20 bits per heavy atom. The van der Waals surface area contributed by atoms with Gasteiger partial charge in [-0.05, 0) is 46.3 Å². The number of nitrogens with one attached hydrogen (secondary N) is 1. The van der Waals surface area contributed by atoms with Gasteiger partial charge >= 0.3 is 5.69 Å². The van der Waals surface area contributed by atoms with Crippen LogP contribution in [0.15, 0.2) is 69.8 Å². The maximum Gasteiger partial charge on any atom is 0.310 e. The minimum absolute atomic E-state index is 0.0249. The van der Waals surface area contributed by atoms with E-state index < -0.39 is 10.8 Å². The van der Waals surface area contributed by atoms with Crippen molar-refractivity contribution in [3.05, 3.63) is 75.5 Å². The first kappa shape index (κ1) is 19.5. The summed E-state index contributed by atoms with van der Waals surface area (Å²) in [6.45, 7) is -0.378. The summed E-state index contributed by atoms with van der Waals surface area (Å²) in [6.07, 6.45) is 3.30. The third-order valence-electron chi connectivity index (χ3n) is 4.04. The molecular formula is C20H13BrN4O5. The van der Waals surface area contributed by atoms with Crippen LogP contribution in [0.1, 0.15) is 0 Å². The van der Waals surface area contributed by atoms with Crippen molar-refractivity contribution in [2.75, 3.05) is 11.9 Å². The van der Waals surface area contributed by atoms with Crippen LogP contribution in [0.2, 0.25) is 0 Å². The molecule has 1 N–H and O–H groups in total. The molecule has 0 aliphatic rings. The van der Waals surface area contributed by atoms with E-state index in [9.17, 15) is 14.9 Å². The van der Waals surface area contributed by atoms with E-state index in [0.29, 0.717) is 28.2 Å². The Morgan fingerprint density at radius 2 is 2.03 bits per heavy atom. The quantitative estimate of drug-likeness (QED) is 0.324. The lowest BCUT2D eigenvalue weighted by Crippen LogP contribution is -2.20. The number of carbonyl (C=O) groups is 1. The molecule has 2 aromatic heterocycles. The second-order valence-electron chi connectivity index (χ2n) is 6.16. The van der Waals surface area contributed by atoms with Gasteiger partial charge in [0.05, 0.1) is 10.5 Å². The predicted octanol–water partition coefficient (Wildman–Crippen LogP) is 4.58. The normalized spacial score (nSPS) is 10.7. The van der Waals surface area contributed by atoms with Crippen LogP contribution in [-0.4, -0.2) is 27.4 Å². The van der Waals surface area contributed by atoms with Crippen LogP contribution >= 0.6 is 15.9 Å². The first-order valence-corrected chi connectivity index (χ1v) is 9.46. The number of hydrogen-bond acceptors (Lipinski definition) is 7. The lowest BCUT2D eigenvalue weighted by atomic mass is 10.3. The largest absolute Gasteiger partial charge is 0.477 e. The van der Waals surface area contributed by atoms with Gasteiger partial charge in [-0.2, -0.15) is 0 Å². The number of ether oxygens (including phenoxy) is 1. The SMILES string of the molecule is O=C(COc1ccccc1[N+](=O)[O-])Nc1ccc2oc(-c3cncc(Br)c3)nc2c1. The Kier molecular flexibility index (Phi) is 5.40. The fraction of sp³-hybridized carbons (Fsp3) is 0.0500. The molecule has 0 fully saturated rings. The molecule has 0 spiro atoms. The van der Waals surface area contributed by atoms with E-state index in [1.54, 1.807) is 36.7 Å². The topological polar surface area (TPSA) is 120 Å². The molecular weight excluding hydrogens is 456 g/mol. The van der Waals surface area contributed by atoms with Crippen molar-refractivity contribution < 1.29 is 18.9 Å². The Labute approximate surface area is 178 Å². The second kappa shape index (κ2) is 8.29. The zero-order valence-corrected chi connectivity index (χ0v) is 16.8. The van der Waals surface area contributed by atoms with Crippen LogP contribution in [-0.2, 0) is 4.79 Å². The van der Waals surface area contributed by atoms with Crippen LogP contribution in [0.3, 0.4) is 0 Å². The van der Waals surface area contributed by atoms with Crippen molar-refractivity contribution in [2.24, 2.45) is 0 Å². The highest BCUT2D eigenvalue weighted by Crippen LogP contribution is 2.28. The van der Waals surface area contributed by atoms with E-state index in [-0.39, 0.29) is 18.0 Å². The van der Waals surface area contributed by atoms with Gasteiger partial charge < -0.3 is 14.5 Å². The van der Waals surface area contributed by atoms with Crippen molar-refractivity contribution in [1.29, 1.82) is 0 Å². The number of nitro groups is 1. The van der Waals surface area contributed by atoms with Crippen molar-refractivity contribution in [3.8, 4) is 17.2 Å². The molecule has 0 unspecified atom stereocenters. The Balaban J connectivity index is 1.46. The first-order chi connectivity index (χ1) is 14.5. The van der Waals surface area contributed by atoms with E-state index in [2.05, 4.69) is 31.2 Å². The Hall–Kier alpha value is -3.79. The molecule has 10 heteroatoms. The van der Waals surface area contributed by atoms with Crippen LogP contribution in [0, 0.1) is 10.1 Å². The number of oxazole rings is 1. The number of rotatable bonds is 6. The molecule has 150 valence electrons. The maximum atomic E-state index is 12.2. The third-order valence-corrected chi connectivity index (χ3v) is 4.48. The van der Waals surface area contributed by atoms with Crippen molar-refractivity contribution in [1.82, 2.24) is 9.97 Å². The van der Waals surface area contributed by atoms with E-state index in [4.69, 9.17) is 9.15 Å². The number of pyridine rings is 1. The third kappa shape index (κ3) is 4.28. The molecule has 1 amide bonds. The zero-order valence-electron chi connectivity index (χ0n) is 15.2. The molecule has 0 saturated carbocycles. The number of fused-ring (bicyclic) bond motifs is 1. The van der Waals surface area contributed by atoms with Gasteiger partial charge in [0.25, 0.3) is 5.91 Å². The summed E-state index contributed by atoms with van der Waals surface area (Å²) < 4.78 is 11.8. The molecule has 0 radical (unpaired) electrons. The average Bonchev–Trinajstić information content (AvgIpc) is 3.16. The highest BCUT2D eigenvalue weighted by atomic mass is 79.9. The van der Waals surface area contributed by atoms with Gasteiger partial charge in [-0.1, -0.05) is 12.1 Å². The van der Waals surface area contributed by atoms with E-state index >= 15 is 0 Å². The number of nitrogens with zero attached hydrogens (tertiary/aromatic N) is 3. The van der Waals surface area contributed by atoms with Crippen LogP contribution in [0.4, 0.5) is 11.4 Å². The van der Waals surface area contributed by atoms with Gasteiger partial charge in [-0.3, -0.25) is 19.9 Å². The van der Waals surface area contributed by atoms with Crippen molar-refractivity contribution >= 4 is 44.3 Å². The van der Waals surface area contributed by atoms with Crippen LogP contribution in [0.5, 0.6) is 5.75 Å². The number of hydrogen-bond donors (Lipinski definition) is 1. The molecule has 0 atom stereocenters. The number of benzene rings is 2. The molecule has 2 aromatic carbocycles. The second-order valence-corrected chi connectivity index (χ2v) is 7.07. The number of anilines is 1. The van der Waals surface area contributed by atoms with Crippen molar-refractivity contribution in [2.45, 2.75) is 0 Å². The molecule has 30 heavy (non-hydrogen) atoms. The summed E-state index contributed by atoms with van der Waals surface area (Å²) >= 11 is 3.36. The fourth-order valence-corrected chi connectivity index (χ4v) is 3.09. The molecule has 0 bridgehead atoms. The fourth-order valence-electron chi connectivity index (χ4n) is 2.73. The number of amides is 1. The number of carbonyl (C=O) groups excluding carboxylic acids is 1. The van der Waals surface area contributed by atoms with Gasteiger partial charge in [0, 0.05) is 28.6 Å². The molecule has 0 aliphatic heterocycles. The molecule has 9 nitrogen and oxygen atoms in total. The number of nitro benzene ring substituents is 1. The van der Waals surface area contributed by atoms with Crippen LogP contribution in [0.25, 0.3) is 22.6 Å². The van der Waals surface area contributed by atoms with Gasteiger partial charge in [0.1, 0.15) is 5.52 Å². The summed E-state index contributed by atoms with van der Waals surface area (Å²) in [5.74, 6) is -0.0358. The lowest BCUT2D eigenvalue weighted by molar-refractivity contribution is -0.385. The molecule has 4 rings (SSSR count). The summed E-state index contributed by atoms with van der Waals surface area (Å²) in [6, 6.07) is 12.7. The maximum absolute atomic E-state index is 12.2. The van der Waals surface area contributed by atoms with Crippen LogP contribution < -0.4 is 10.1 Å². The van der Waals surface area contributed by atoms with Gasteiger partial charge in [-0.15, -0.1) is 0 Å². The highest BCUT2D eigenvalue weighted by molar-refractivity contribution is 9.10. The Morgan fingerprint density at radius 3 is 2.83 bits per heavy atom.